The number of hydrogen-bond donors (Lipinski definition) is 1. The van der Waals surface area contributed by atoms with Gasteiger partial charge in [-0.25, -0.2) is 0 Å². The van der Waals surface area contributed by atoms with Crippen molar-refractivity contribution in [1.82, 2.24) is 5.32 Å². The molecule has 2 unspecified atom stereocenters. The van der Waals surface area contributed by atoms with Crippen molar-refractivity contribution >= 4 is 0 Å². The molecule has 0 rings (SSSR count). The fourth-order valence-electron chi connectivity index (χ4n) is 1.54. The second-order valence-electron chi connectivity index (χ2n) is 5.42. The summed E-state index contributed by atoms with van der Waals surface area (Å²) in [7, 11) is 0. The maximum atomic E-state index is 5.50. The summed E-state index contributed by atoms with van der Waals surface area (Å²) in [4.78, 5) is 0. The summed E-state index contributed by atoms with van der Waals surface area (Å²) in [6.07, 6.45) is 1.19. The van der Waals surface area contributed by atoms with Crippen molar-refractivity contribution in [2.45, 2.75) is 54.0 Å². The molecule has 0 bridgehead atoms. The van der Waals surface area contributed by atoms with E-state index in [0.29, 0.717) is 17.4 Å². The molecule has 0 aromatic heterocycles. The smallest absolute Gasteiger partial charge is 0.0619 e. The third kappa shape index (κ3) is 6.91. The van der Waals surface area contributed by atoms with Crippen LogP contribution in [0.2, 0.25) is 0 Å². The molecule has 0 heterocycles. The Balaban J connectivity index is 4.03. The van der Waals surface area contributed by atoms with Crippen molar-refractivity contribution in [3.63, 3.8) is 0 Å². The minimum Gasteiger partial charge on any atom is -0.380 e. The van der Waals surface area contributed by atoms with Gasteiger partial charge in [-0.15, -0.1) is 0 Å². The molecule has 0 aromatic carbocycles. The monoisotopic (exact) mass is 215 g/mol. The van der Waals surface area contributed by atoms with Crippen molar-refractivity contribution in [3.05, 3.63) is 0 Å². The van der Waals surface area contributed by atoms with Crippen LogP contribution in [0.5, 0.6) is 0 Å². The Morgan fingerprint density at radius 1 is 1.20 bits per heavy atom. The molecule has 0 aliphatic carbocycles. The van der Waals surface area contributed by atoms with Gasteiger partial charge in [0.25, 0.3) is 0 Å². The fraction of sp³-hybridized carbons (Fsp3) is 1.00. The molecule has 0 radical (unpaired) electrons. The molecular weight excluding hydrogens is 186 g/mol. The summed E-state index contributed by atoms with van der Waals surface area (Å²) < 4.78 is 5.50. The van der Waals surface area contributed by atoms with Crippen LogP contribution in [-0.4, -0.2) is 25.8 Å². The molecule has 0 aliphatic rings. The number of rotatable bonds is 7. The van der Waals surface area contributed by atoms with Crippen LogP contribution in [0.25, 0.3) is 0 Å². The van der Waals surface area contributed by atoms with Gasteiger partial charge in [0.15, 0.2) is 0 Å². The lowest BCUT2D eigenvalue weighted by Crippen LogP contribution is -2.37. The SMILES string of the molecule is CCNC(COCC)CC(C)C(C)(C)C. The first-order valence-electron chi connectivity index (χ1n) is 6.22. The van der Waals surface area contributed by atoms with E-state index in [4.69, 9.17) is 4.74 Å². The molecular formula is C13H29NO. The Morgan fingerprint density at radius 3 is 2.20 bits per heavy atom. The fourth-order valence-corrected chi connectivity index (χ4v) is 1.54. The first-order chi connectivity index (χ1) is 6.91. The number of nitrogens with one attached hydrogen (secondary N) is 1. The van der Waals surface area contributed by atoms with Crippen LogP contribution in [0.1, 0.15) is 48.0 Å². The standard InChI is InChI=1S/C13H29NO/c1-7-14-12(10-15-8-2)9-11(3)13(4,5)6/h11-12,14H,7-10H2,1-6H3. The summed E-state index contributed by atoms with van der Waals surface area (Å²) in [6.45, 7) is 16.1. The lowest BCUT2D eigenvalue weighted by Gasteiger charge is -2.31. The van der Waals surface area contributed by atoms with E-state index < -0.39 is 0 Å². The zero-order chi connectivity index (χ0) is 11.9. The summed E-state index contributed by atoms with van der Waals surface area (Å²) in [6, 6.07) is 0.504. The number of likely N-dealkylation sites (N-methyl/N-ethyl adjacent to an activating group) is 1. The minimum atomic E-state index is 0.389. The van der Waals surface area contributed by atoms with Crippen LogP contribution in [-0.2, 0) is 4.74 Å². The van der Waals surface area contributed by atoms with Gasteiger partial charge in [0.05, 0.1) is 6.61 Å². The van der Waals surface area contributed by atoms with Crippen molar-refractivity contribution in [2.24, 2.45) is 11.3 Å². The van der Waals surface area contributed by atoms with E-state index in [1.165, 1.54) is 6.42 Å². The highest BCUT2D eigenvalue weighted by Crippen LogP contribution is 2.29. The Morgan fingerprint density at radius 2 is 1.80 bits per heavy atom. The average Bonchev–Trinajstić information content (AvgIpc) is 2.13. The van der Waals surface area contributed by atoms with Gasteiger partial charge < -0.3 is 10.1 Å². The maximum absolute atomic E-state index is 5.50. The maximum Gasteiger partial charge on any atom is 0.0619 e. The number of ether oxygens (including phenoxy) is 1. The van der Waals surface area contributed by atoms with E-state index in [1.807, 2.05) is 0 Å². The van der Waals surface area contributed by atoms with E-state index >= 15 is 0 Å². The van der Waals surface area contributed by atoms with Gasteiger partial charge in [-0.2, -0.15) is 0 Å². The van der Waals surface area contributed by atoms with Crippen LogP contribution >= 0.6 is 0 Å². The van der Waals surface area contributed by atoms with E-state index in [0.717, 1.165) is 19.8 Å². The molecule has 0 saturated carbocycles. The average molecular weight is 215 g/mol. The largest absolute Gasteiger partial charge is 0.380 e. The lowest BCUT2D eigenvalue weighted by molar-refractivity contribution is 0.104. The van der Waals surface area contributed by atoms with E-state index in [-0.39, 0.29) is 0 Å². The van der Waals surface area contributed by atoms with Crippen LogP contribution < -0.4 is 5.32 Å². The minimum absolute atomic E-state index is 0.389. The molecule has 0 aromatic rings. The molecule has 15 heavy (non-hydrogen) atoms. The molecule has 2 heteroatoms. The van der Waals surface area contributed by atoms with Gasteiger partial charge >= 0.3 is 0 Å². The normalized spacial score (nSPS) is 16.4. The van der Waals surface area contributed by atoms with Gasteiger partial charge in [-0.3, -0.25) is 0 Å². The molecule has 1 N–H and O–H groups in total. The van der Waals surface area contributed by atoms with Crippen molar-refractivity contribution in [1.29, 1.82) is 0 Å². The Labute approximate surface area is 95.8 Å². The van der Waals surface area contributed by atoms with Gasteiger partial charge in [-0.05, 0) is 31.2 Å². The van der Waals surface area contributed by atoms with Crippen LogP contribution in [0.15, 0.2) is 0 Å². The number of hydrogen-bond acceptors (Lipinski definition) is 2. The van der Waals surface area contributed by atoms with Gasteiger partial charge in [0.2, 0.25) is 0 Å². The third-order valence-corrected chi connectivity index (χ3v) is 3.13. The Kier molecular flexibility index (Phi) is 7.20. The van der Waals surface area contributed by atoms with Gasteiger partial charge in [0.1, 0.15) is 0 Å². The van der Waals surface area contributed by atoms with Crippen molar-refractivity contribution in [2.75, 3.05) is 19.8 Å². The highest BCUT2D eigenvalue weighted by atomic mass is 16.5. The molecule has 0 amide bonds. The Hall–Kier alpha value is -0.0800. The summed E-state index contributed by atoms with van der Waals surface area (Å²) in [5, 5.41) is 3.50. The van der Waals surface area contributed by atoms with E-state index in [2.05, 4.69) is 46.9 Å². The first-order valence-corrected chi connectivity index (χ1v) is 6.22. The van der Waals surface area contributed by atoms with Gasteiger partial charge in [-0.1, -0.05) is 34.6 Å². The van der Waals surface area contributed by atoms with Crippen molar-refractivity contribution < 1.29 is 4.74 Å². The molecule has 0 aliphatic heterocycles. The van der Waals surface area contributed by atoms with Gasteiger partial charge in [0, 0.05) is 12.6 Å². The van der Waals surface area contributed by atoms with E-state index in [9.17, 15) is 0 Å². The second-order valence-corrected chi connectivity index (χ2v) is 5.42. The quantitative estimate of drug-likeness (QED) is 0.704. The van der Waals surface area contributed by atoms with Crippen molar-refractivity contribution in [3.8, 4) is 0 Å². The van der Waals surface area contributed by atoms with E-state index in [1.54, 1.807) is 0 Å². The zero-order valence-electron chi connectivity index (χ0n) is 11.4. The predicted octanol–water partition coefficient (Wildman–Crippen LogP) is 3.07. The topological polar surface area (TPSA) is 21.3 Å². The second kappa shape index (κ2) is 7.24. The van der Waals surface area contributed by atoms with Crippen LogP contribution in [0, 0.1) is 11.3 Å². The molecule has 92 valence electrons. The lowest BCUT2D eigenvalue weighted by atomic mass is 9.78. The molecule has 0 spiro atoms. The summed E-state index contributed by atoms with van der Waals surface area (Å²) in [5.41, 5.74) is 0.389. The highest BCUT2D eigenvalue weighted by Gasteiger charge is 2.23. The molecule has 0 saturated heterocycles. The van der Waals surface area contributed by atoms with Crippen LogP contribution in [0.4, 0.5) is 0 Å². The molecule has 0 fully saturated rings. The first kappa shape index (κ1) is 14.9. The third-order valence-electron chi connectivity index (χ3n) is 3.13. The zero-order valence-corrected chi connectivity index (χ0v) is 11.4. The molecule has 2 atom stereocenters. The Bertz CT molecular complexity index is 151. The highest BCUT2D eigenvalue weighted by molar-refractivity contribution is 4.76. The molecule has 2 nitrogen and oxygen atoms in total. The van der Waals surface area contributed by atoms with Crippen LogP contribution in [0.3, 0.4) is 0 Å². The summed E-state index contributed by atoms with van der Waals surface area (Å²) >= 11 is 0. The predicted molar refractivity (Wildman–Crippen MR) is 67.2 cm³/mol. The summed E-state index contributed by atoms with van der Waals surface area (Å²) in [5.74, 6) is 0.710.